The van der Waals surface area contributed by atoms with Gasteiger partial charge in [0.1, 0.15) is 17.8 Å². The second-order valence-corrected chi connectivity index (χ2v) is 10.5. The lowest BCUT2D eigenvalue weighted by molar-refractivity contribution is -0.138. The first-order valence-corrected chi connectivity index (χ1v) is 14.7. The third-order valence-electron chi connectivity index (χ3n) is 7.38. The fraction of sp³-hybridized carbons (Fsp3) is 0.533. The van der Waals surface area contributed by atoms with Gasteiger partial charge in [-0.1, -0.05) is 43.7 Å². The number of piperazine rings is 1. The molecule has 1 aromatic carbocycles. The minimum atomic E-state index is -1.09. The van der Waals surface area contributed by atoms with Crippen molar-refractivity contribution in [3.63, 3.8) is 0 Å². The molecule has 2 heterocycles. The molecule has 0 bridgehead atoms. The van der Waals surface area contributed by atoms with E-state index < -0.39 is 29.9 Å². The summed E-state index contributed by atoms with van der Waals surface area (Å²) in [5, 5.41) is 12.0. The Hall–Kier alpha value is -4.22. The average Bonchev–Trinajstić information content (AvgIpc) is 3.52. The fourth-order valence-electron chi connectivity index (χ4n) is 4.98. The first-order valence-electron chi connectivity index (χ1n) is 14.7. The molecule has 226 valence electrons. The number of carbonyl (C=O) groups is 4. The minimum absolute atomic E-state index is 0.00641. The highest BCUT2D eigenvalue weighted by molar-refractivity contribution is 5.96. The number of ether oxygens (including phenoxy) is 2. The Morgan fingerprint density at radius 3 is 2.38 bits per heavy atom. The van der Waals surface area contributed by atoms with Gasteiger partial charge in [-0.3, -0.25) is 14.4 Å². The fourth-order valence-corrected chi connectivity index (χ4v) is 4.98. The van der Waals surface area contributed by atoms with Gasteiger partial charge >= 0.3 is 12.1 Å². The van der Waals surface area contributed by atoms with Crippen LogP contribution in [-0.4, -0.2) is 93.7 Å². The van der Waals surface area contributed by atoms with Crippen molar-refractivity contribution in [1.29, 1.82) is 0 Å². The molecule has 0 unspecified atom stereocenters. The van der Waals surface area contributed by atoms with Crippen LogP contribution in [0.3, 0.4) is 0 Å². The number of carboxylic acid groups (broad SMARTS) is 1. The van der Waals surface area contributed by atoms with Gasteiger partial charge in [0.05, 0.1) is 6.61 Å². The van der Waals surface area contributed by atoms with E-state index in [0.29, 0.717) is 18.0 Å². The second-order valence-electron chi connectivity index (χ2n) is 10.5. The van der Waals surface area contributed by atoms with Crippen LogP contribution in [0.5, 0.6) is 5.88 Å². The second kappa shape index (κ2) is 15.1. The molecular weight excluding hydrogens is 542 g/mol. The summed E-state index contributed by atoms with van der Waals surface area (Å²) in [6.45, 7) is 3.40. The molecule has 42 heavy (non-hydrogen) atoms. The van der Waals surface area contributed by atoms with Crippen LogP contribution in [0.2, 0.25) is 0 Å². The van der Waals surface area contributed by atoms with E-state index in [1.807, 2.05) is 37.3 Å². The van der Waals surface area contributed by atoms with Crippen molar-refractivity contribution in [2.24, 2.45) is 0 Å². The van der Waals surface area contributed by atoms with Gasteiger partial charge < -0.3 is 29.7 Å². The molecule has 1 saturated heterocycles. The third kappa shape index (κ3) is 8.64. The number of unbranched alkanes of at least 4 members (excludes halogenated alkanes) is 1. The molecule has 12 heteroatoms. The quantitative estimate of drug-likeness (QED) is 0.359. The van der Waals surface area contributed by atoms with Gasteiger partial charge in [0, 0.05) is 44.2 Å². The Bertz CT molecular complexity index is 1230. The predicted octanol–water partition coefficient (Wildman–Crippen LogP) is 3.51. The molecule has 0 radical (unpaired) electrons. The minimum Gasteiger partial charge on any atom is -0.481 e. The van der Waals surface area contributed by atoms with E-state index in [1.54, 1.807) is 4.90 Å². The van der Waals surface area contributed by atoms with E-state index in [0.717, 1.165) is 38.5 Å². The molecule has 3 amide bonds. The van der Waals surface area contributed by atoms with Crippen LogP contribution in [0.25, 0.3) is 11.4 Å². The van der Waals surface area contributed by atoms with Gasteiger partial charge in [-0.15, -0.1) is 0 Å². The number of benzene rings is 1. The van der Waals surface area contributed by atoms with Crippen molar-refractivity contribution in [3.8, 4) is 17.3 Å². The standard InChI is InChI=1S/C30H39N5O7/c1-2-3-19-41-30(40)35-17-15-34(16-18-35)29(39)23(13-14-26(36)37)32-28(38)24-20-25(42-22-11-7-8-12-22)33-27(31-24)21-9-5-4-6-10-21/h4-6,9-10,20,22-23H,2-3,7-8,11-19H2,1H3,(H,32,38)(H,36,37)/t23-/m0/s1. The normalized spacial score (nSPS) is 16.1. The molecule has 2 fully saturated rings. The van der Waals surface area contributed by atoms with Crippen LogP contribution in [-0.2, 0) is 14.3 Å². The number of nitrogens with zero attached hydrogens (tertiary/aromatic N) is 4. The molecule has 2 N–H and O–H groups in total. The van der Waals surface area contributed by atoms with Crippen LogP contribution >= 0.6 is 0 Å². The van der Waals surface area contributed by atoms with E-state index in [9.17, 15) is 24.3 Å². The summed E-state index contributed by atoms with van der Waals surface area (Å²) in [6.07, 6.45) is 4.82. The monoisotopic (exact) mass is 581 g/mol. The van der Waals surface area contributed by atoms with E-state index in [-0.39, 0.29) is 56.7 Å². The summed E-state index contributed by atoms with van der Waals surface area (Å²) >= 11 is 0. The smallest absolute Gasteiger partial charge is 0.409 e. The van der Waals surface area contributed by atoms with Gasteiger partial charge in [-0.2, -0.15) is 4.98 Å². The summed E-state index contributed by atoms with van der Waals surface area (Å²) in [7, 11) is 0. The maximum atomic E-state index is 13.5. The van der Waals surface area contributed by atoms with Crippen molar-refractivity contribution in [1.82, 2.24) is 25.1 Å². The summed E-state index contributed by atoms with van der Waals surface area (Å²) in [6, 6.07) is 9.57. The molecule has 2 aliphatic rings. The average molecular weight is 582 g/mol. The van der Waals surface area contributed by atoms with Crippen LogP contribution in [0, 0.1) is 0 Å². The van der Waals surface area contributed by atoms with Gasteiger partial charge in [0.15, 0.2) is 5.82 Å². The van der Waals surface area contributed by atoms with Crippen LogP contribution in [0.15, 0.2) is 36.4 Å². The number of hydrogen-bond donors (Lipinski definition) is 2. The summed E-state index contributed by atoms with van der Waals surface area (Å²) in [4.78, 5) is 62.7. The molecule has 0 spiro atoms. The SMILES string of the molecule is CCCCOC(=O)N1CCN(C(=O)[C@H](CCC(=O)O)NC(=O)c2cc(OC3CCCC3)nc(-c3ccccc3)n2)CC1. The van der Waals surface area contributed by atoms with E-state index in [2.05, 4.69) is 15.3 Å². The van der Waals surface area contributed by atoms with E-state index in [1.165, 1.54) is 11.0 Å². The Balaban J connectivity index is 1.47. The Labute approximate surface area is 245 Å². The lowest BCUT2D eigenvalue weighted by Gasteiger charge is -2.36. The van der Waals surface area contributed by atoms with Crippen molar-refractivity contribution in [2.75, 3.05) is 32.8 Å². The van der Waals surface area contributed by atoms with Crippen LogP contribution < -0.4 is 10.1 Å². The zero-order chi connectivity index (χ0) is 29.9. The summed E-state index contributed by atoms with van der Waals surface area (Å²) in [5.74, 6) is -1.54. The molecule has 1 saturated carbocycles. The largest absolute Gasteiger partial charge is 0.481 e. The highest BCUT2D eigenvalue weighted by Gasteiger charge is 2.31. The van der Waals surface area contributed by atoms with Crippen molar-refractivity contribution < 1.29 is 33.8 Å². The van der Waals surface area contributed by atoms with Gasteiger partial charge in [-0.05, 0) is 38.5 Å². The molecule has 12 nitrogen and oxygen atoms in total. The Kier molecular flexibility index (Phi) is 11.1. The van der Waals surface area contributed by atoms with Crippen LogP contribution in [0.4, 0.5) is 4.79 Å². The molecule has 1 aliphatic carbocycles. The highest BCUT2D eigenvalue weighted by Crippen LogP contribution is 2.25. The lowest BCUT2D eigenvalue weighted by Crippen LogP contribution is -2.56. The molecule has 1 atom stereocenters. The molecule has 2 aromatic rings. The third-order valence-corrected chi connectivity index (χ3v) is 7.38. The topological polar surface area (TPSA) is 151 Å². The first-order chi connectivity index (χ1) is 20.3. The van der Waals surface area contributed by atoms with Gasteiger partial charge in [-0.25, -0.2) is 9.78 Å². The molecular formula is C30H39N5O7. The summed E-state index contributed by atoms with van der Waals surface area (Å²) < 4.78 is 11.4. The number of nitrogens with one attached hydrogen (secondary N) is 1. The zero-order valence-corrected chi connectivity index (χ0v) is 24.0. The molecule has 4 rings (SSSR count). The number of carbonyl (C=O) groups excluding carboxylic acids is 3. The number of hydrogen-bond acceptors (Lipinski definition) is 8. The maximum Gasteiger partial charge on any atom is 0.409 e. The summed E-state index contributed by atoms with van der Waals surface area (Å²) in [5.41, 5.74) is 0.720. The van der Waals surface area contributed by atoms with Crippen LogP contribution in [0.1, 0.15) is 68.8 Å². The van der Waals surface area contributed by atoms with Crippen molar-refractivity contribution >= 4 is 23.9 Å². The lowest BCUT2D eigenvalue weighted by atomic mass is 10.1. The highest BCUT2D eigenvalue weighted by atomic mass is 16.6. The predicted molar refractivity (Wildman–Crippen MR) is 153 cm³/mol. The number of aromatic nitrogens is 2. The number of rotatable bonds is 12. The maximum absolute atomic E-state index is 13.5. The molecule has 1 aromatic heterocycles. The van der Waals surface area contributed by atoms with Gasteiger partial charge in [0.2, 0.25) is 11.8 Å². The number of aliphatic carboxylic acids is 1. The molecule has 1 aliphatic heterocycles. The van der Waals surface area contributed by atoms with Crippen molar-refractivity contribution in [3.05, 3.63) is 42.1 Å². The first kappa shape index (κ1) is 30.7. The number of amides is 3. The Morgan fingerprint density at radius 1 is 1.02 bits per heavy atom. The van der Waals surface area contributed by atoms with E-state index in [4.69, 9.17) is 9.47 Å². The zero-order valence-electron chi connectivity index (χ0n) is 24.0. The van der Waals surface area contributed by atoms with Gasteiger partial charge in [0.25, 0.3) is 5.91 Å². The van der Waals surface area contributed by atoms with E-state index >= 15 is 0 Å². The van der Waals surface area contributed by atoms with Crippen molar-refractivity contribution in [2.45, 2.75) is 70.4 Å². The Morgan fingerprint density at radius 2 is 1.71 bits per heavy atom. The number of carboxylic acids is 1.